The van der Waals surface area contributed by atoms with E-state index in [9.17, 15) is 19.5 Å². The van der Waals surface area contributed by atoms with Crippen LogP contribution in [0.1, 0.15) is 86.8 Å². The van der Waals surface area contributed by atoms with Crippen LogP contribution in [-0.4, -0.2) is 51.6 Å². The lowest BCUT2D eigenvalue weighted by molar-refractivity contribution is -0.145. The number of phenolic OH excluding ortho intramolecular Hbond substituents is 1. The monoisotopic (exact) mass is 477 g/mol. The molecule has 8 heteroatoms. The summed E-state index contributed by atoms with van der Waals surface area (Å²) in [5, 5.41) is 16.1. The van der Waals surface area contributed by atoms with E-state index in [1.807, 2.05) is 20.8 Å². The number of carbonyl (C=O) groups excluding carboxylic acids is 3. The van der Waals surface area contributed by atoms with E-state index in [0.717, 1.165) is 6.42 Å². The number of hydrogen-bond donors (Lipinski definition) is 3. The molecule has 0 heterocycles. The van der Waals surface area contributed by atoms with Crippen LogP contribution in [0.2, 0.25) is 0 Å². The van der Waals surface area contributed by atoms with Gasteiger partial charge in [0.2, 0.25) is 11.8 Å². The average molecular weight is 478 g/mol. The van der Waals surface area contributed by atoms with Gasteiger partial charge in [-0.15, -0.1) is 0 Å². The molecule has 0 saturated carbocycles. The first-order valence-electron chi connectivity index (χ1n) is 12.0. The SMILES string of the molecule is CC(C)CCC(C)N(C(=O)C(C)NC(=O)OC(C)(C)C)C(C(=O)NC(C)C)c1ccccc1O. The molecule has 0 bridgehead atoms. The fourth-order valence-electron chi connectivity index (χ4n) is 3.58. The van der Waals surface area contributed by atoms with E-state index in [1.165, 1.54) is 11.0 Å². The van der Waals surface area contributed by atoms with Crippen molar-refractivity contribution in [2.75, 3.05) is 0 Å². The normalized spacial score (nSPS) is 14.3. The topological polar surface area (TPSA) is 108 Å². The molecule has 1 rings (SSSR count). The predicted molar refractivity (Wildman–Crippen MR) is 133 cm³/mol. The third kappa shape index (κ3) is 9.23. The molecule has 3 amide bonds. The van der Waals surface area contributed by atoms with Gasteiger partial charge in [0.05, 0.1) is 0 Å². The van der Waals surface area contributed by atoms with Crippen molar-refractivity contribution in [3.63, 3.8) is 0 Å². The summed E-state index contributed by atoms with van der Waals surface area (Å²) in [4.78, 5) is 41.0. The van der Waals surface area contributed by atoms with Crippen molar-refractivity contribution in [2.24, 2.45) is 5.92 Å². The molecule has 0 radical (unpaired) electrons. The van der Waals surface area contributed by atoms with Gasteiger partial charge in [-0.3, -0.25) is 9.59 Å². The molecule has 1 aromatic rings. The van der Waals surface area contributed by atoms with Crippen molar-refractivity contribution in [3.8, 4) is 5.75 Å². The largest absolute Gasteiger partial charge is 0.508 e. The van der Waals surface area contributed by atoms with Crippen LogP contribution >= 0.6 is 0 Å². The van der Waals surface area contributed by atoms with Gasteiger partial charge in [0.15, 0.2) is 0 Å². The van der Waals surface area contributed by atoms with Crippen LogP contribution in [0.5, 0.6) is 5.75 Å². The molecule has 1 aromatic carbocycles. The van der Waals surface area contributed by atoms with Crippen LogP contribution in [0.3, 0.4) is 0 Å². The highest BCUT2D eigenvalue weighted by Crippen LogP contribution is 2.32. The second-order valence-electron chi connectivity index (χ2n) is 10.6. The van der Waals surface area contributed by atoms with E-state index >= 15 is 0 Å². The molecule has 0 aliphatic rings. The maximum atomic E-state index is 13.7. The molecule has 0 aliphatic heterocycles. The summed E-state index contributed by atoms with van der Waals surface area (Å²) >= 11 is 0. The standard InChI is InChI=1S/C26H43N3O5/c1-16(2)14-15-18(5)29(24(32)19(6)28-25(33)34-26(7,8)9)22(23(31)27-17(3)4)20-12-10-11-13-21(20)30/h10-13,16-19,22,30H,14-15H2,1-9H3,(H,27,31)(H,28,33). The smallest absolute Gasteiger partial charge is 0.408 e. The first-order valence-corrected chi connectivity index (χ1v) is 12.0. The van der Waals surface area contributed by atoms with Crippen LogP contribution in [0.25, 0.3) is 0 Å². The first-order chi connectivity index (χ1) is 15.6. The predicted octanol–water partition coefficient (Wildman–Crippen LogP) is 4.52. The molecule has 0 saturated heterocycles. The zero-order valence-electron chi connectivity index (χ0n) is 22.1. The number of phenols is 1. The quantitative estimate of drug-likeness (QED) is 0.459. The van der Waals surface area contributed by atoms with Gasteiger partial charge in [0.25, 0.3) is 0 Å². The van der Waals surface area contributed by atoms with Crippen molar-refractivity contribution in [1.82, 2.24) is 15.5 Å². The molecule has 0 aromatic heterocycles. The summed E-state index contributed by atoms with van der Waals surface area (Å²) in [5.74, 6) is -0.502. The number of nitrogens with zero attached hydrogens (tertiary/aromatic N) is 1. The van der Waals surface area contributed by atoms with Gasteiger partial charge in [-0.1, -0.05) is 32.0 Å². The van der Waals surface area contributed by atoms with Crippen LogP contribution < -0.4 is 10.6 Å². The number of benzene rings is 1. The maximum absolute atomic E-state index is 13.7. The number of aromatic hydroxyl groups is 1. The van der Waals surface area contributed by atoms with Gasteiger partial charge < -0.3 is 25.4 Å². The molecular formula is C26H43N3O5. The van der Waals surface area contributed by atoms with E-state index in [0.29, 0.717) is 17.9 Å². The lowest BCUT2D eigenvalue weighted by Gasteiger charge is -2.38. The Kier molecular flexibility index (Phi) is 10.9. The Morgan fingerprint density at radius 1 is 0.971 bits per heavy atom. The molecule has 0 spiro atoms. The molecule has 0 fully saturated rings. The van der Waals surface area contributed by atoms with Crippen LogP contribution in [0.15, 0.2) is 24.3 Å². The lowest BCUT2D eigenvalue weighted by Crippen LogP contribution is -2.55. The molecule has 3 N–H and O–H groups in total. The minimum Gasteiger partial charge on any atom is -0.508 e. The van der Waals surface area contributed by atoms with E-state index in [2.05, 4.69) is 24.5 Å². The van der Waals surface area contributed by atoms with Crippen LogP contribution in [-0.2, 0) is 14.3 Å². The number of alkyl carbamates (subject to hydrolysis) is 1. The van der Waals surface area contributed by atoms with Gasteiger partial charge >= 0.3 is 6.09 Å². The Balaban J connectivity index is 3.44. The van der Waals surface area contributed by atoms with Gasteiger partial charge in [0.1, 0.15) is 23.4 Å². The van der Waals surface area contributed by atoms with E-state index in [1.54, 1.807) is 45.9 Å². The molecule has 3 unspecified atom stereocenters. The lowest BCUT2D eigenvalue weighted by atomic mass is 9.96. The fraction of sp³-hybridized carbons (Fsp3) is 0.654. The van der Waals surface area contributed by atoms with E-state index in [-0.39, 0.29) is 17.8 Å². The van der Waals surface area contributed by atoms with Gasteiger partial charge in [0, 0.05) is 17.6 Å². The molecule has 3 atom stereocenters. The molecule has 34 heavy (non-hydrogen) atoms. The van der Waals surface area contributed by atoms with Crippen molar-refractivity contribution >= 4 is 17.9 Å². The fourth-order valence-corrected chi connectivity index (χ4v) is 3.58. The van der Waals surface area contributed by atoms with Crippen molar-refractivity contribution in [3.05, 3.63) is 29.8 Å². The van der Waals surface area contributed by atoms with Crippen molar-refractivity contribution < 1.29 is 24.2 Å². The first kappa shape index (κ1) is 29.3. The van der Waals surface area contributed by atoms with E-state index < -0.39 is 35.6 Å². The Hall–Kier alpha value is -2.77. The Morgan fingerprint density at radius 3 is 2.06 bits per heavy atom. The van der Waals surface area contributed by atoms with Gasteiger partial charge in [-0.2, -0.15) is 0 Å². The third-order valence-corrected chi connectivity index (χ3v) is 5.18. The highest BCUT2D eigenvalue weighted by Gasteiger charge is 2.38. The highest BCUT2D eigenvalue weighted by molar-refractivity contribution is 5.92. The van der Waals surface area contributed by atoms with Gasteiger partial charge in [-0.05, 0) is 73.3 Å². The summed E-state index contributed by atoms with van der Waals surface area (Å²) in [5.41, 5.74) is -0.387. The number of nitrogens with one attached hydrogen (secondary N) is 2. The number of amides is 3. The minimum atomic E-state index is -1.07. The maximum Gasteiger partial charge on any atom is 0.408 e. The van der Waals surface area contributed by atoms with Crippen molar-refractivity contribution in [2.45, 2.75) is 105 Å². The number of ether oxygens (including phenoxy) is 1. The number of carbonyl (C=O) groups is 3. The summed E-state index contributed by atoms with van der Waals surface area (Å²) in [6.07, 6.45) is 0.786. The second kappa shape index (κ2) is 12.6. The summed E-state index contributed by atoms with van der Waals surface area (Å²) in [6, 6.07) is 4.00. The van der Waals surface area contributed by atoms with E-state index in [4.69, 9.17) is 4.74 Å². The van der Waals surface area contributed by atoms with Crippen molar-refractivity contribution in [1.29, 1.82) is 0 Å². The molecule has 0 aliphatic carbocycles. The second-order valence-corrected chi connectivity index (χ2v) is 10.6. The Bertz CT molecular complexity index is 832. The number of hydrogen-bond acceptors (Lipinski definition) is 5. The Morgan fingerprint density at radius 2 is 1.56 bits per heavy atom. The molecular weight excluding hydrogens is 434 g/mol. The highest BCUT2D eigenvalue weighted by atomic mass is 16.6. The summed E-state index contributed by atoms with van der Waals surface area (Å²) in [7, 11) is 0. The van der Waals surface area contributed by atoms with Gasteiger partial charge in [-0.25, -0.2) is 4.79 Å². The Labute approximate surface area is 204 Å². The summed E-state index contributed by atoms with van der Waals surface area (Å²) < 4.78 is 5.30. The molecule has 192 valence electrons. The zero-order valence-corrected chi connectivity index (χ0v) is 22.1. The number of rotatable bonds is 10. The van der Waals surface area contributed by atoms with Crippen LogP contribution in [0, 0.1) is 5.92 Å². The average Bonchev–Trinajstić information content (AvgIpc) is 2.68. The molecule has 8 nitrogen and oxygen atoms in total. The van der Waals surface area contributed by atoms with Crippen LogP contribution in [0.4, 0.5) is 4.79 Å². The third-order valence-electron chi connectivity index (χ3n) is 5.18. The number of para-hydroxylation sites is 1. The summed E-state index contributed by atoms with van der Waals surface area (Å²) in [6.45, 7) is 16.5. The minimum absolute atomic E-state index is 0.0759. The zero-order chi connectivity index (χ0) is 26.2.